The average molecular weight is 435 g/mol. The Hall–Kier alpha value is -0.600. The number of fused-ring (bicyclic) bond motifs is 3. The van der Waals surface area contributed by atoms with Crippen LogP contribution in [0.1, 0.15) is 126 Å². The first-order chi connectivity index (χ1) is 14.3. The highest BCUT2D eigenvalue weighted by Gasteiger charge is 2.63. The second-order valence-corrected chi connectivity index (χ2v) is 10.2. The highest BCUT2D eigenvalue weighted by atomic mass is 14.8. The van der Waals surface area contributed by atoms with Crippen molar-refractivity contribution in [2.75, 3.05) is 0 Å². The van der Waals surface area contributed by atoms with Crippen molar-refractivity contribution in [3.63, 3.8) is 0 Å². The van der Waals surface area contributed by atoms with Gasteiger partial charge in [-0.05, 0) is 80.5 Å². The molecule has 0 saturated heterocycles. The molecule has 3 rings (SSSR count). The number of hydrogen-bond acceptors (Lipinski definition) is 2. The van der Waals surface area contributed by atoms with Crippen LogP contribution in [0.4, 0.5) is 0 Å². The first-order valence-electron chi connectivity index (χ1n) is 13.2. The lowest BCUT2D eigenvalue weighted by Crippen LogP contribution is -2.62. The van der Waals surface area contributed by atoms with Gasteiger partial charge in [-0.25, -0.2) is 0 Å². The zero-order valence-corrected chi connectivity index (χ0v) is 21.3. The standard InChI is InChI=1S/C20H33N.C6H15N.C2H6.CH4/c1-4-6-12-18(3)14-11-17-19(18,5-2)15-10-16-9-7-8-13-20(16,17)21;1-3-5-6(7)4-2;1-2;/h5,7-8,16-17H,2,4,6,9-15,21H2,1,3H3;6H,3-5,7H2,1-2H3;1-2H3;1H4. The topological polar surface area (TPSA) is 52.0 Å². The summed E-state index contributed by atoms with van der Waals surface area (Å²) in [4.78, 5) is 0. The van der Waals surface area contributed by atoms with Gasteiger partial charge in [-0.2, -0.15) is 0 Å². The second-order valence-electron chi connectivity index (χ2n) is 10.2. The van der Waals surface area contributed by atoms with Crippen molar-refractivity contribution in [1.82, 2.24) is 0 Å². The van der Waals surface area contributed by atoms with Gasteiger partial charge >= 0.3 is 0 Å². The molecule has 0 aromatic rings. The highest BCUT2D eigenvalue weighted by molar-refractivity contribution is 5.24. The second kappa shape index (κ2) is 13.8. The molecule has 2 nitrogen and oxygen atoms in total. The summed E-state index contributed by atoms with van der Waals surface area (Å²) in [6.07, 6.45) is 22.1. The minimum Gasteiger partial charge on any atom is -0.328 e. The molecule has 4 N–H and O–H groups in total. The minimum absolute atomic E-state index is 0. The van der Waals surface area contributed by atoms with Gasteiger partial charge in [0.05, 0.1) is 0 Å². The van der Waals surface area contributed by atoms with Gasteiger partial charge in [0.1, 0.15) is 0 Å². The maximum absolute atomic E-state index is 7.06. The third-order valence-electron chi connectivity index (χ3n) is 8.73. The number of allylic oxidation sites excluding steroid dienone is 2. The zero-order valence-electron chi connectivity index (χ0n) is 21.3. The molecule has 6 unspecified atom stereocenters. The molecule has 0 amide bonds. The van der Waals surface area contributed by atoms with Gasteiger partial charge in [0.2, 0.25) is 0 Å². The van der Waals surface area contributed by atoms with E-state index in [0.29, 0.717) is 28.7 Å². The molecule has 0 heterocycles. The lowest BCUT2D eigenvalue weighted by molar-refractivity contribution is -0.0271. The summed E-state index contributed by atoms with van der Waals surface area (Å²) in [7, 11) is 0. The quantitative estimate of drug-likeness (QED) is 0.395. The largest absolute Gasteiger partial charge is 0.328 e. The van der Waals surface area contributed by atoms with Crippen molar-refractivity contribution in [1.29, 1.82) is 0 Å². The van der Waals surface area contributed by atoms with Gasteiger partial charge in [-0.3, -0.25) is 0 Å². The van der Waals surface area contributed by atoms with E-state index in [-0.39, 0.29) is 13.0 Å². The Kier molecular flexibility index (Phi) is 13.6. The van der Waals surface area contributed by atoms with E-state index in [9.17, 15) is 0 Å². The molecular weight excluding hydrogens is 376 g/mol. The van der Waals surface area contributed by atoms with Crippen molar-refractivity contribution < 1.29 is 0 Å². The smallest absolute Gasteiger partial charge is 0.0257 e. The maximum atomic E-state index is 7.06. The van der Waals surface area contributed by atoms with Gasteiger partial charge in [-0.15, -0.1) is 6.58 Å². The van der Waals surface area contributed by atoms with Crippen LogP contribution < -0.4 is 11.5 Å². The molecular formula is C29H58N2. The van der Waals surface area contributed by atoms with Crippen LogP contribution in [-0.4, -0.2) is 11.6 Å². The van der Waals surface area contributed by atoms with Crippen molar-refractivity contribution >= 4 is 0 Å². The van der Waals surface area contributed by atoms with Crippen LogP contribution in [0.25, 0.3) is 0 Å². The van der Waals surface area contributed by atoms with Crippen LogP contribution in [0.5, 0.6) is 0 Å². The van der Waals surface area contributed by atoms with E-state index in [2.05, 4.69) is 52.5 Å². The Morgan fingerprint density at radius 2 is 1.77 bits per heavy atom. The molecule has 0 aromatic heterocycles. The van der Waals surface area contributed by atoms with E-state index in [0.717, 1.165) is 12.8 Å². The number of hydrogen-bond donors (Lipinski definition) is 2. The number of rotatable bonds is 7. The van der Waals surface area contributed by atoms with Gasteiger partial charge in [0.25, 0.3) is 0 Å². The van der Waals surface area contributed by atoms with E-state index in [1.165, 1.54) is 64.2 Å². The predicted molar refractivity (Wildman–Crippen MR) is 142 cm³/mol. The normalized spacial score (nSPS) is 36.4. The fourth-order valence-corrected chi connectivity index (χ4v) is 6.75. The van der Waals surface area contributed by atoms with E-state index in [1.54, 1.807) is 0 Å². The molecule has 2 heteroatoms. The summed E-state index contributed by atoms with van der Waals surface area (Å²) >= 11 is 0. The van der Waals surface area contributed by atoms with Gasteiger partial charge in [0, 0.05) is 11.6 Å². The first kappa shape index (κ1) is 30.4. The molecule has 0 aliphatic heterocycles. The number of nitrogens with two attached hydrogens (primary N) is 2. The van der Waals surface area contributed by atoms with Crippen LogP contribution in [0.3, 0.4) is 0 Å². The Morgan fingerprint density at radius 3 is 2.29 bits per heavy atom. The Bertz CT molecular complexity index is 527. The van der Waals surface area contributed by atoms with Gasteiger partial charge in [0.15, 0.2) is 0 Å². The third-order valence-corrected chi connectivity index (χ3v) is 8.73. The van der Waals surface area contributed by atoms with Crippen LogP contribution >= 0.6 is 0 Å². The average Bonchev–Trinajstić information content (AvgIpc) is 3.08. The Labute approximate surface area is 196 Å². The molecule has 3 aliphatic carbocycles. The molecule has 0 bridgehead atoms. The molecule has 0 radical (unpaired) electrons. The molecule has 31 heavy (non-hydrogen) atoms. The Balaban J connectivity index is 0.000000775. The monoisotopic (exact) mass is 434 g/mol. The summed E-state index contributed by atoms with van der Waals surface area (Å²) in [5.41, 5.74) is 13.4. The molecule has 184 valence electrons. The van der Waals surface area contributed by atoms with Crippen LogP contribution in [-0.2, 0) is 0 Å². The molecule has 2 saturated carbocycles. The van der Waals surface area contributed by atoms with Crippen molar-refractivity contribution in [3.05, 3.63) is 24.8 Å². The van der Waals surface area contributed by atoms with E-state index >= 15 is 0 Å². The van der Waals surface area contributed by atoms with Crippen LogP contribution in [0, 0.1) is 22.7 Å². The summed E-state index contributed by atoms with van der Waals surface area (Å²) in [6, 6.07) is 0.449. The summed E-state index contributed by atoms with van der Waals surface area (Å²) < 4.78 is 0. The number of unbranched alkanes of at least 4 members (excludes halogenated alkanes) is 1. The summed E-state index contributed by atoms with van der Waals surface area (Å²) in [6.45, 7) is 17.4. The molecule has 6 atom stereocenters. The van der Waals surface area contributed by atoms with Crippen molar-refractivity contribution in [3.8, 4) is 0 Å². The lowest BCUT2D eigenvalue weighted by Gasteiger charge is -2.58. The maximum Gasteiger partial charge on any atom is 0.0257 e. The molecule has 0 aromatic carbocycles. The SMILES string of the molecule is C.C=CC12CCC3CC=CCC3(N)C1CCC2(C)CCCC.CC.CCCC(N)CC. The molecule has 0 spiro atoms. The van der Waals surface area contributed by atoms with E-state index in [1.807, 2.05) is 13.8 Å². The van der Waals surface area contributed by atoms with Gasteiger partial charge < -0.3 is 11.5 Å². The fraction of sp³-hybridized carbons (Fsp3) is 0.862. The third kappa shape index (κ3) is 6.26. The van der Waals surface area contributed by atoms with E-state index < -0.39 is 0 Å². The summed E-state index contributed by atoms with van der Waals surface area (Å²) in [5, 5.41) is 0. The van der Waals surface area contributed by atoms with E-state index in [4.69, 9.17) is 11.5 Å². The molecule has 2 fully saturated rings. The lowest BCUT2D eigenvalue weighted by atomic mass is 9.48. The highest BCUT2D eigenvalue weighted by Crippen LogP contribution is 2.68. The van der Waals surface area contributed by atoms with Crippen LogP contribution in [0.15, 0.2) is 24.8 Å². The van der Waals surface area contributed by atoms with Crippen molar-refractivity contribution in [2.24, 2.45) is 34.1 Å². The minimum atomic E-state index is 0. The fourth-order valence-electron chi connectivity index (χ4n) is 6.75. The Morgan fingerprint density at radius 1 is 1.10 bits per heavy atom. The summed E-state index contributed by atoms with van der Waals surface area (Å²) in [5.74, 6) is 1.35. The zero-order chi connectivity index (χ0) is 22.8. The van der Waals surface area contributed by atoms with Crippen molar-refractivity contribution in [2.45, 2.75) is 138 Å². The predicted octanol–water partition coefficient (Wildman–Crippen LogP) is 8.41. The first-order valence-corrected chi connectivity index (χ1v) is 13.2. The van der Waals surface area contributed by atoms with Gasteiger partial charge in [-0.1, -0.05) is 86.5 Å². The van der Waals surface area contributed by atoms with Crippen LogP contribution in [0.2, 0.25) is 0 Å². The molecule has 3 aliphatic rings.